The Labute approximate surface area is 164 Å². The molecule has 0 saturated carbocycles. The lowest BCUT2D eigenvalue weighted by Gasteiger charge is -2.28. The summed E-state index contributed by atoms with van der Waals surface area (Å²) in [6.45, 7) is 1.38. The largest absolute Gasteiger partial charge is 0.333 e. The van der Waals surface area contributed by atoms with Gasteiger partial charge in [-0.2, -0.15) is 0 Å². The number of hydrogen-bond donors (Lipinski definition) is 0. The molecule has 8 heteroatoms. The summed E-state index contributed by atoms with van der Waals surface area (Å²) >= 11 is 1.43. The van der Waals surface area contributed by atoms with Gasteiger partial charge in [-0.25, -0.2) is 13.4 Å². The first kappa shape index (κ1) is 20.0. The van der Waals surface area contributed by atoms with E-state index in [2.05, 4.69) is 9.88 Å². The molecule has 0 bridgehead atoms. The van der Waals surface area contributed by atoms with E-state index < -0.39 is 9.84 Å². The van der Waals surface area contributed by atoms with Gasteiger partial charge in [0.05, 0.1) is 11.5 Å². The standard InChI is InChI=1S/C19H25N3O3S2/c1-21(2)10-6-11-22(16-9-12-27(24,25)14-16)19(23)17-13-26-18(20-17)15-7-4-3-5-8-15/h3-5,7-8,13,16H,6,9-12,14H2,1-2H3. The topological polar surface area (TPSA) is 70.6 Å². The monoisotopic (exact) mass is 407 g/mol. The van der Waals surface area contributed by atoms with Crippen LogP contribution in [0.1, 0.15) is 23.3 Å². The van der Waals surface area contributed by atoms with Crippen molar-refractivity contribution in [2.75, 3.05) is 38.7 Å². The van der Waals surface area contributed by atoms with Gasteiger partial charge < -0.3 is 9.80 Å². The van der Waals surface area contributed by atoms with Crippen molar-refractivity contribution in [3.63, 3.8) is 0 Å². The Kier molecular flexibility index (Phi) is 6.29. The average molecular weight is 408 g/mol. The molecule has 1 atom stereocenters. The Morgan fingerprint density at radius 3 is 2.59 bits per heavy atom. The van der Waals surface area contributed by atoms with Gasteiger partial charge in [0.15, 0.2) is 9.84 Å². The average Bonchev–Trinajstić information content (AvgIpc) is 3.25. The molecule has 1 aliphatic heterocycles. The Morgan fingerprint density at radius 1 is 1.22 bits per heavy atom. The summed E-state index contributed by atoms with van der Waals surface area (Å²) in [5.74, 6) is 0.0342. The van der Waals surface area contributed by atoms with Crippen LogP contribution in [-0.4, -0.2) is 73.8 Å². The molecule has 1 unspecified atom stereocenters. The molecule has 1 aromatic heterocycles. The van der Waals surface area contributed by atoms with Gasteiger partial charge in [-0.05, 0) is 33.5 Å². The zero-order valence-electron chi connectivity index (χ0n) is 15.7. The van der Waals surface area contributed by atoms with E-state index in [9.17, 15) is 13.2 Å². The third-order valence-corrected chi connectivity index (χ3v) is 7.30. The minimum absolute atomic E-state index is 0.0520. The zero-order chi connectivity index (χ0) is 19.4. The first-order valence-electron chi connectivity index (χ1n) is 9.03. The molecule has 0 aliphatic carbocycles. The normalized spacial score (nSPS) is 18.7. The molecule has 146 valence electrons. The molecule has 0 spiro atoms. The lowest BCUT2D eigenvalue weighted by atomic mass is 10.2. The van der Waals surface area contributed by atoms with Crippen LogP contribution in [0, 0.1) is 0 Å². The summed E-state index contributed by atoms with van der Waals surface area (Å²) in [4.78, 5) is 21.4. The quantitative estimate of drug-likeness (QED) is 0.705. The second-order valence-electron chi connectivity index (χ2n) is 7.12. The van der Waals surface area contributed by atoms with Crippen LogP contribution in [0.4, 0.5) is 0 Å². The molecule has 3 rings (SSSR count). The van der Waals surface area contributed by atoms with Gasteiger partial charge in [0.2, 0.25) is 0 Å². The van der Waals surface area contributed by atoms with Crippen LogP contribution in [0.5, 0.6) is 0 Å². The molecule has 0 N–H and O–H groups in total. The van der Waals surface area contributed by atoms with Crippen molar-refractivity contribution in [1.82, 2.24) is 14.8 Å². The highest BCUT2D eigenvalue weighted by atomic mass is 32.2. The summed E-state index contributed by atoms with van der Waals surface area (Å²) in [7, 11) is 0.912. The van der Waals surface area contributed by atoms with Gasteiger partial charge in [0.25, 0.3) is 5.91 Å². The summed E-state index contributed by atoms with van der Waals surface area (Å²) < 4.78 is 23.8. The van der Waals surface area contributed by atoms with E-state index in [0.717, 1.165) is 23.5 Å². The molecule has 1 fully saturated rings. The predicted molar refractivity (Wildman–Crippen MR) is 109 cm³/mol. The number of thiazole rings is 1. The highest BCUT2D eigenvalue weighted by Gasteiger charge is 2.35. The Bertz CT molecular complexity index is 879. The number of aromatic nitrogens is 1. The molecule has 1 saturated heterocycles. The van der Waals surface area contributed by atoms with Crippen LogP contribution in [0.15, 0.2) is 35.7 Å². The Hall–Kier alpha value is -1.77. The molecular weight excluding hydrogens is 382 g/mol. The predicted octanol–water partition coefficient (Wildman–Crippen LogP) is 2.39. The number of carbonyl (C=O) groups excluding carboxylic acids is 1. The maximum atomic E-state index is 13.1. The minimum atomic E-state index is -3.06. The van der Waals surface area contributed by atoms with Gasteiger partial charge in [-0.1, -0.05) is 30.3 Å². The molecule has 6 nitrogen and oxygen atoms in total. The van der Waals surface area contributed by atoms with Crippen molar-refractivity contribution in [2.45, 2.75) is 18.9 Å². The van der Waals surface area contributed by atoms with Crippen molar-refractivity contribution in [3.05, 3.63) is 41.4 Å². The van der Waals surface area contributed by atoms with Gasteiger partial charge >= 0.3 is 0 Å². The van der Waals surface area contributed by atoms with E-state index >= 15 is 0 Å². The third-order valence-electron chi connectivity index (χ3n) is 4.66. The van der Waals surface area contributed by atoms with Crippen molar-refractivity contribution >= 4 is 27.1 Å². The number of benzene rings is 1. The first-order chi connectivity index (χ1) is 12.9. The number of sulfone groups is 1. The van der Waals surface area contributed by atoms with Crippen LogP contribution < -0.4 is 0 Å². The maximum Gasteiger partial charge on any atom is 0.273 e. The van der Waals surface area contributed by atoms with Gasteiger partial charge in [-0.15, -0.1) is 11.3 Å². The van der Waals surface area contributed by atoms with E-state index in [1.807, 2.05) is 44.4 Å². The van der Waals surface area contributed by atoms with Crippen LogP contribution in [0.3, 0.4) is 0 Å². The summed E-state index contributed by atoms with van der Waals surface area (Å²) in [5, 5.41) is 2.57. The van der Waals surface area contributed by atoms with Crippen LogP contribution in [0.2, 0.25) is 0 Å². The van der Waals surface area contributed by atoms with Crippen molar-refractivity contribution in [3.8, 4) is 10.6 Å². The number of nitrogens with zero attached hydrogens (tertiary/aromatic N) is 3. The highest BCUT2D eigenvalue weighted by Crippen LogP contribution is 2.26. The molecule has 1 aliphatic rings. The van der Waals surface area contributed by atoms with Gasteiger partial charge in [0.1, 0.15) is 10.7 Å². The molecule has 1 aromatic carbocycles. The van der Waals surface area contributed by atoms with Crippen LogP contribution >= 0.6 is 11.3 Å². The third kappa shape index (κ3) is 5.15. The second kappa shape index (κ2) is 8.50. The number of rotatable bonds is 7. The SMILES string of the molecule is CN(C)CCCN(C(=O)c1csc(-c2ccccc2)n1)C1CCS(=O)(=O)C1. The summed E-state index contributed by atoms with van der Waals surface area (Å²) in [6, 6.07) is 9.49. The van der Waals surface area contributed by atoms with Crippen molar-refractivity contribution < 1.29 is 13.2 Å². The number of carbonyl (C=O) groups is 1. The highest BCUT2D eigenvalue weighted by molar-refractivity contribution is 7.91. The Balaban J connectivity index is 1.79. The smallest absolute Gasteiger partial charge is 0.273 e. The summed E-state index contributed by atoms with van der Waals surface area (Å²) in [5.41, 5.74) is 1.37. The van der Waals surface area contributed by atoms with Crippen molar-refractivity contribution in [2.24, 2.45) is 0 Å². The fourth-order valence-corrected chi connectivity index (χ4v) is 5.79. The maximum absolute atomic E-state index is 13.1. The lowest BCUT2D eigenvalue weighted by Crippen LogP contribution is -2.42. The first-order valence-corrected chi connectivity index (χ1v) is 11.7. The molecule has 0 radical (unpaired) electrons. The van der Waals surface area contributed by atoms with E-state index in [4.69, 9.17) is 0 Å². The minimum Gasteiger partial charge on any atom is -0.333 e. The van der Waals surface area contributed by atoms with Crippen molar-refractivity contribution in [1.29, 1.82) is 0 Å². The van der Waals surface area contributed by atoms with E-state index in [1.54, 1.807) is 10.3 Å². The van der Waals surface area contributed by atoms with Crippen LogP contribution in [0.25, 0.3) is 10.6 Å². The Morgan fingerprint density at radius 2 is 1.96 bits per heavy atom. The zero-order valence-corrected chi connectivity index (χ0v) is 17.3. The molecule has 1 amide bonds. The fourth-order valence-electron chi connectivity index (χ4n) is 3.26. The van der Waals surface area contributed by atoms with E-state index in [1.165, 1.54) is 11.3 Å². The second-order valence-corrected chi connectivity index (χ2v) is 10.2. The number of amides is 1. The molecule has 2 heterocycles. The fraction of sp³-hybridized carbons (Fsp3) is 0.474. The molecule has 27 heavy (non-hydrogen) atoms. The van der Waals surface area contributed by atoms with Gasteiger partial charge in [-0.3, -0.25) is 4.79 Å². The molecular formula is C19H25N3O3S2. The van der Waals surface area contributed by atoms with E-state index in [0.29, 0.717) is 18.7 Å². The van der Waals surface area contributed by atoms with E-state index in [-0.39, 0.29) is 23.5 Å². The lowest BCUT2D eigenvalue weighted by molar-refractivity contribution is 0.0685. The molecule has 2 aromatic rings. The summed E-state index contributed by atoms with van der Waals surface area (Å²) in [6.07, 6.45) is 1.30. The van der Waals surface area contributed by atoms with Crippen LogP contribution in [-0.2, 0) is 9.84 Å². The van der Waals surface area contributed by atoms with Gasteiger partial charge in [0, 0.05) is 23.5 Å². The number of hydrogen-bond acceptors (Lipinski definition) is 6.